The quantitative estimate of drug-likeness (QED) is 0.184. The fourth-order valence-electron chi connectivity index (χ4n) is 4.28. The lowest BCUT2D eigenvalue weighted by atomic mass is 9.97. The smallest absolute Gasteiger partial charge is 0.429 e. The average Bonchev–Trinajstić information content (AvgIpc) is 2.86. The van der Waals surface area contributed by atoms with Crippen molar-refractivity contribution in [2.75, 3.05) is 0 Å². The Morgan fingerprint density at radius 2 is 1.14 bits per heavy atom. The summed E-state index contributed by atoms with van der Waals surface area (Å²) in [4.78, 5) is 0. The predicted molar refractivity (Wildman–Crippen MR) is 137 cm³/mol. The Labute approximate surface area is 242 Å². The molecule has 0 saturated carbocycles. The highest BCUT2D eigenvalue weighted by Gasteiger charge is 2.41. The number of ether oxygens (including phenoxy) is 1. The zero-order valence-corrected chi connectivity index (χ0v) is 22.4. The first kappa shape index (κ1) is 32.5. The van der Waals surface area contributed by atoms with E-state index in [2.05, 4.69) is 4.74 Å². The first-order chi connectivity index (χ1) is 20.4. The van der Waals surface area contributed by atoms with Crippen LogP contribution in [0.4, 0.5) is 52.7 Å². The molecule has 0 atom stereocenters. The molecule has 0 fully saturated rings. The van der Waals surface area contributed by atoms with Crippen LogP contribution >= 0.6 is 0 Å². The molecule has 0 spiro atoms. The molecule has 0 unspecified atom stereocenters. The standard InChI is InChI=1S/C31H18F12O/c1-14(2)15-3-4-19(21(32)7-15)16-8-26(37)29(27(38)9-16)31(42,43)44-18-12-24(35)28(25(36)13-18)17-10-22(33)20(23(34)11-17)5-6-30(39,40)41/h3-14H,1-2H3/b6-5+. The number of allylic oxidation sites excluding steroid dienone is 1. The van der Waals surface area contributed by atoms with E-state index in [1.165, 1.54) is 12.1 Å². The monoisotopic (exact) mass is 634 g/mol. The first-order valence-electron chi connectivity index (χ1n) is 12.5. The molecule has 4 aromatic rings. The Kier molecular flexibility index (Phi) is 8.81. The van der Waals surface area contributed by atoms with Crippen molar-refractivity contribution in [2.45, 2.75) is 32.1 Å². The largest absolute Gasteiger partial charge is 0.432 e. The van der Waals surface area contributed by atoms with Crippen LogP contribution in [0.1, 0.15) is 36.5 Å². The van der Waals surface area contributed by atoms with Gasteiger partial charge in [0.25, 0.3) is 0 Å². The van der Waals surface area contributed by atoms with Crippen LogP contribution < -0.4 is 4.74 Å². The van der Waals surface area contributed by atoms with Crippen molar-refractivity contribution < 1.29 is 57.4 Å². The van der Waals surface area contributed by atoms with E-state index >= 15 is 0 Å². The molecule has 232 valence electrons. The number of hydrogen-bond donors (Lipinski definition) is 0. The van der Waals surface area contributed by atoms with Gasteiger partial charge in [-0.3, -0.25) is 0 Å². The normalized spacial score (nSPS) is 12.4. The van der Waals surface area contributed by atoms with Crippen molar-refractivity contribution >= 4 is 6.08 Å². The number of halogens is 12. The highest BCUT2D eigenvalue weighted by molar-refractivity contribution is 5.69. The van der Waals surface area contributed by atoms with Gasteiger partial charge in [0.2, 0.25) is 0 Å². The fourth-order valence-corrected chi connectivity index (χ4v) is 4.28. The van der Waals surface area contributed by atoms with Gasteiger partial charge in [-0.1, -0.05) is 26.0 Å². The van der Waals surface area contributed by atoms with E-state index in [-0.39, 0.29) is 29.7 Å². The van der Waals surface area contributed by atoms with Gasteiger partial charge < -0.3 is 4.74 Å². The maximum atomic E-state index is 14.9. The van der Waals surface area contributed by atoms with Gasteiger partial charge in [-0.15, -0.1) is 0 Å². The molecule has 0 aliphatic rings. The van der Waals surface area contributed by atoms with Crippen LogP contribution in [0.5, 0.6) is 5.75 Å². The van der Waals surface area contributed by atoms with Crippen molar-refractivity contribution in [3.05, 3.63) is 118 Å². The van der Waals surface area contributed by atoms with Crippen molar-refractivity contribution in [3.63, 3.8) is 0 Å². The second kappa shape index (κ2) is 11.9. The van der Waals surface area contributed by atoms with Gasteiger partial charge in [0.1, 0.15) is 52.0 Å². The fraction of sp³-hybridized carbons (Fsp3) is 0.161. The summed E-state index contributed by atoms with van der Waals surface area (Å²) in [5, 5.41) is 0. The van der Waals surface area contributed by atoms with E-state index in [0.29, 0.717) is 29.8 Å². The van der Waals surface area contributed by atoms with Gasteiger partial charge in [0.15, 0.2) is 0 Å². The number of rotatable bonds is 7. The molecule has 4 rings (SSSR count). The van der Waals surface area contributed by atoms with Gasteiger partial charge in [-0.05, 0) is 59.0 Å². The third-order valence-corrected chi connectivity index (χ3v) is 6.37. The Hall–Kier alpha value is -4.42. The molecule has 1 nitrogen and oxygen atoms in total. The molecular formula is C31H18F12O. The Bertz CT molecular complexity index is 1690. The molecule has 4 aromatic carbocycles. The third-order valence-electron chi connectivity index (χ3n) is 6.37. The van der Waals surface area contributed by atoms with E-state index in [4.69, 9.17) is 0 Å². The highest BCUT2D eigenvalue weighted by Crippen LogP contribution is 2.40. The molecule has 0 aliphatic heterocycles. The second-order valence-corrected chi connectivity index (χ2v) is 9.82. The Balaban J connectivity index is 1.65. The molecule has 44 heavy (non-hydrogen) atoms. The van der Waals surface area contributed by atoms with Gasteiger partial charge in [-0.2, -0.15) is 22.0 Å². The van der Waals surface area contributed by atoms with Gasteiger partial charge in [0.05, 0.1) is 5.56 Å². The molecule has 0 aromatic heterocycles. The summed E-state index contributed by atoms with van der Waals surface area (Å²) in [6.07, 6.45) is -10.2. The van der Waals surface area contributed by atoms with E-state index in [9.17, 15) is 52.7 Å². The van der Waals surface area contributed by atoms with Crippen molar-refractivity contribution in [1.29, 1.82) is 0 Å². The lowest BCUT2D eigenvalue weighted by Gasteiger charge is -2.21. The molecule has 0 amide bonds. The van der Waals surface area contributed by atoms with Crippen molar-refractivity contribution in [1.82, 2.24) is 0 Å². The van der Waals surface area contributed by atoms with Gasteiger partial charge in [-0.25, -0.2) is 30.7 Å². The third kappa shape index (κ3) is 6.87. The number of hydrogen-bond acceptors (Lipinski definition) is 1. The van der Waals surface area contributed by atoms with Gasteiger partial charge >= 0.3 is 12.3 Å². The van der Waals surface area contributed by atoms with E-state index in [1.54, 1.807) is 13.8 Å². The summed E-state index contributed by atoms with van der Waals surface area (Å²) in [6, 6.07) is 5.54. The molecule has 0 N–H and O–H groups in total. The maximum absolute atomic E-state index is 14.9. The van der Waals surface area contributed by atoms with Crippen molar-refractivity contribution in [2.24, 2.45) is 0 Å². The molecule has 0 aliphatic carbocycles. The first-order valence-corrected chi connectivity index (χ1v) is 12.5. The van der Waals surface area contributed by atoms with E-state index in [0.717, 1.165) is 6.07 Å². The Morgan fingerprint density at radius 1 is 0.614 bits per heavy atom. The number of alkyl halides is 5. The molecule has 0 radical (unpaired) electrons. The van der Waals surface area contributed by atoms with Crippen molar-refractivity contribution in [3.8, 4) is 28.0 Å². The van der Waals surface area contributed by atoms with E-state index in [1.807, 2.05) is 0 Å². The maximum Gasteiger partial charge on any atom is 0.432 e. The van der Waals surface area contributed by atoms with Crippen LogP contribution in [0.2, 0.25) is 0 Å². The summed E-state index contributed by atoms with van der Waals surface area (Å²) in [5.74, 6) is -12.7. The minimum atomic E-state index is -4.92. The molecule has 0 heterocycles. The Morgan fingerprint density at radius 3 is 1.61 bits per heavy atom. The zero-order valence-electron chi connectivity index (χ0n) is 22.4. The predicted octanol–water partition coefficient (Wildman–Crippen LogP) is 10.8. The van der Waals surface area contributed by atoms with Crippen LogP contribution in [0.25, 0.3) is 28.3 Å². The number of benzene rings is 4. The average molecular weight is 634 g/mol. The van der Waals surface area contributed by atoms with Gasteiger partial charge in [0, 0.05) is 29.3 Å². The lowest BCUT2D eigenvalue weighted by molar-refractivity contribution is -0.189. The minimum absolute atomic E-state index is 0.0595. The molecule has 0 bridgehead atoms. The molecule has 13 heteroatoms. The lowest BCUT2D eigenvalue weighted by Crippen LogP contribution is -2.25. The second-order valence-electron chi connectivity index (χ2n) is 9.82. The summed E-state index contributed by atoms with van der Waals surface area (Å²) >= 11 is 0. The summed E-state index contributed by atoms with van der Waals surface area (Å²) in [5.41, 5.74) is -5.29. The van der Waals surface area contributed by atoms with E-state index < -0.39 is 92.6 Å². The SMILES string of the molecule is CC(C)c1ccc(-c2cc(F)c(C(F)(F)Oc3cc(F)c(-c4cc(F)c(/C=C/C(F)(F)F)c(F)c4)c(F)c3)c(F)c2)c(F)c1. The molecular weight excluding hydrogens is 616 g/mol. The van der Waals surface area contributed by atoms with Crippen LogP contribution in [0.15, 0.2) is 60.7 Å². The zero-order chi connectivity index (χ0) is 32.7. The summed E-state index contributed by atoms with van der Waals surface area (Å²) < 4.78 is 173. The summed E-state index contributed by atoms with van der Waals surface area (Å²) in [7, 11) is 0. The topological polar surface area (TPSA) is 9.23 Å². The van der Waals surface area contributed by atoms with Crippen LogP contribution in [-0.4, -0.2) is 6.18 Å². The van der Waals surface area contributed by atoms with Crippen LogP contribution in [0.3, 0.4) is 0 Å². The molecule has 0 saturated heterocycles. The highest BCUT2D eigenvalue weighted by atomic mass is 19.4. The minimum Gasteiger partial charge on any atom is -0.429 e. The van der Waals surface area contributed by atoms with Crippen LogP contribution in [0, 0.1) is 40.7 Å². The van der Waals surface area contributed by atoms with Crippen LogP contribution in [-0.2, 0) is 6.11 Å². The summed E-state index contributed by atoms with van der Waals surface area (Å²) in [6.45, 7) is 3.55.